The highest BCUT2D eigenvalue weighted by molar-refractivity contribution is 5.87. The van der Waals surface area contributed by atoms with Gasteiger partial charge in [-0.25, -0.2) is 4.79 Å². The van der Waals surface area contributed by atoms with E-state index in [9.17, 15) is 14.0 Å². The number of aromatic carboxylic acids is 1. The molecule has 1 N–H and O–H groups in total. The van der Waals surface area contributed by atoms with Crippen LogP contribution in [0.25, 0.3) is 0 Å². The Hall–Kier alpha value is -2.63. The third kappa shape index (κ3) is 3.94. The first-order chi connectivity index (χ1) is 9.68. The van der Waals surface area contributed by atoms with Gasteiger partial charge in [-0.15, -0.1) is 0 Å². The summed E-state index contributed by atoms with van der Waals surface area (Å²) in [7, 11) is 0.500. The zero-order valence-corrected chi connectivity index (χ0v) is 10.7. The molecule has 1 aromatic heterocycles. The second-order valence-corrected chi connectivity index (χ2v) is 3.52. The van der Waals surface area contributed by atoms with Crippen LogP contribution in [0.15, 0.2) is 51.9 Å². The van der Waals surface area contributed by atoms with E-state index in [0.29, 0.717) is 7.18 Å². The van der Waals surface area contributed by atoms with Gasteiger partial charge in [-0.1, -0.05) is 30.3 Å². The number of hydrogen-bond acceptors (Lipinski definition) is 4. The maximum absolute atomic E-state index is 11.5. The average Bonchev–Trinajstić information content (AvgIpc) is 2.49. The number of benzene rings is 1. The molecule has 106 valence electrons. The summed E-state index contributed by atoms with van der Waals surface area (Å²) < 4.78 is 19.5. The first kappa shape index (κ1) is 15.4. The molecule has 0 spiro atoms. The Labute approximate surface area is 114 Å². The number of carbonyl (C=O) groups is 1. The van der Waals surface area contributed by atoms with Gasteiger partial charge in [0.1, 0.15) is 6.61 Å². The van der Waals surface area contributed by atoms with Gasteiger partial charge in [0.2, 0.25) is 11.2 Å². The Morgan fingerprint density at radius 2 is 1.90 bits per heavy atom. The Morgan fingerprint density at radius 3 is 2.50 bits per heavy atom. The summed E-state index contributed by atoms with van der Waals surface area (Å²) >= 11 is 0. The highest BCUT2D eigenvalue weighted by atomic mass is 19.1. The molecule has 0 unspecified atom stereocenters. The number of halogens is 1. The molecule has 5 nitrogen and oxygen atoms in total. The fourth-order valence-corrected chi connectivity index (χ4v) is 1.42. The molecule has 2 aromatic rings. The zero-order valence-electron chi connectivity index (χ0n) is 10.7. The van der Waals surface area contributed by atoms with Crippen molar-refractivity contribution in [3.8, 4) is 5.75 Å². The van der Waals surface area contributed by atoms with Crippen molar-refractivity contribution in [2.24, 2.45) is 0 Å². The predicted molar refractivity (Wildman–Crippen MR) is 69.7 cm³/mol. The molecule has 0 aliphatic carbocycles. The predicted octanol–water partition coefficient (Wildman–Crippen LogP) is 2.50. The third-order valence-electron chi connectivity index (χ3n) is 2.26. The van der Waals surface area contributed by atoms with Crippen molar-refractivity contribution in [2.45, 2.75) is 6.61 Å². The van der Waals surface area contributed by atoms with Crippen LogP contribution in [0.3, 0.4) is 0 Å². The summed E-state index contributed by atoms with van der Waals surface area (Å²) in [6, 6.07) is 10.2. The van der Waals surface area contributed by atoms with E-state index in [1.807, 2.05) is 30.3 Å². The minimum atomic E-state index is -1.34. The van der Waals surface area contributed by atoms with E-state index in [0.717, 1.165) is 17.9 Å². The van der Waals surface area contributed by atoms with E-state index in [1.54, 1.807) is 0 Å². The largest absolute Gasteiger partial charge is 0.481 e. The number of hydrogen-bond donors (Lipinski definition) is 1. The summed E-state index contributed by atoms with van der Waals surface area (Å²) in [5.74, 6) is -2.11. The Morgan fingerprint density at radius 1 is 1.25 bits per heavy atom. The number of carboxylic acids is 1. The Bertz CT molecular complexity index is 606. The normalized spacial score (nSPS) is 9.30. The zero-order chi connectivity index (χ0) is 15.0. The van der Waals surface area contributed by atoms with Crippen molar-refractivity contribution in [1.82, 2.24) is 0 Å². The van der Waals surface area contributed by atoms with Crippen molar-refractivity contribution in [3.05, 3.63) is 64.2 Å². The van der Waals surface area contributed by atoms with E-state index in [-0.39, 0.29) is 12.4 Å². The van der Waals surface area contributed by atoms with E-state index in [1.165, 1.54) is 0 Å². The molecule has 0 atom stereocenters. The molecule has 2 rings (SSSR count). The molecule has 0 amide bonds. The van der Waals surface area contributed by atoms with Crippen molar-refractivity contribution >= 4 is 5.97 Å². The fraction of sp³-hybridized carbons (Fsp3) is 0.143. The lowest BCUT2D eigenvalue weighted by molar-refractivity contribution is 0.0650. The van der Waals surface area contributed by atoms with Crippen LogP contribution in [0.1, 0.15) is 16.1 Å². The van der Waals surface area contributed by atoms with Crippen LogP contribution in [0.5, 0.6) is 5.75 Å². The van der Waals surface area contributed by atoms with Crippen LogP contribution in [-0.4, -0.2) is 18.3 Å². The standard InChI is InChI=1S/C13H10O5.CH3F/c14-10-6-7-17-12(13(15)16)11(10)18-8-9-4-2-1-3-5-9;1-2/h1-7H,8H2,(H,15,16);1H3. The van der Waals surface area contributed by atoms with Crippen molar-refractivity contribution in [1.29, 1.82) is 0 Å². The topological polar surface area (TPSA) is 76.7 Å². The summed E-state index contributed by atoms with van der Waals surface area (Å²) in [6.45, 7) is 0.107. The van der Waals surface area contributed by atoms with Crippen LogP contribution in [0.4, 0.5) is 4.39 Å². The molecule has 0 radical (unpaired) electrons. The molecule has 1 heterocycles. The minimum absolute atomic E-state index is 0.107. The SMILES string of the molecule is CF.O=C(O)c1occc(=O)c1OCc1ccccc1. The number of ether oxygens (including phenoxy) is 1. The maximum atomic E-state index is 11.5. The Kier molecular flexibility index (Phi) is 5.96. The van der Waals surface area contributed by atoms with Crippen molar-refractivity contribution < 1.29 is 23.4 Å². The minimum Gasteiger partial charge on any atom is -0.481 e. The van der Waals surface area contributed by atoms with Gasteiger partial charge < -0.3 is 14.3 Å². The molecule has 20 heavy (non-hydrogen) atoms. The maximum Gasteiger partial charge on any atom is 0.375 e. The smallest absolute Gasteiger partial charge is 0.375 e. The summed E-state index contributed by atoms with van der Waals surface area (Å²) in [4.78, 5) is 22.4. The van der Waals surface area contributed by atoms with Crippen LogP contribution < -0.4 is 10.2 Å². The Balaban J connectivity index is 0.000000956. The highest BCUT2D eigenvalue weighted by Gasteiger charge is 2.17. The number of carboxylic acid groups (broad SMARTS) is 1. The lowest BCUT2D eigenvalue weighted by atomic mass is 10.2. The van der Waals surface area contributed by atoms with Crippen LogP contribution in [0.2, 0.25) is 0 Å². The van der Waals surface area contributed by atoms with Crippen LogP contribution >= 0.6 is 0 Å². The second-order valence-electron chi connectivity index (χ2n) is 3.52. The first-order valence-corrected chi connectivity index (χ1v) is 5.58. The van der Waals surface area contributed by atoms with Crippen LogP contribution in [0, 0.1) is 0 Å². The molecular weight excluding hydrogens is 267 g/mol. The quantitative estimate of drug-likeness (QED) is 0.931. The molecule has 0 aliphatic rings. The molecule has 0 saturated carbocycles. The lowest BCUT2D eigenvalue weighted by Gasteiger charge is -2.06. The van der Waals surface area contributed by atoms with Gasteiger partial charge in [-0.2, -0.15) is 0 Å². The van der Waals surface area contributed by atoms with E-state index >= 15 is 0 Å². The summed E-state index contributed by atoms with van der Waals surface area (Å²) in [6.07, 6.45) is 1.03. The molecule has 0 bridgehead atoms. The molecule has 0 fully saturated rings. The van der Waals surface area contributed by atoms with Crippen LogP contribution in [-0.2, 0) is 6.61 Å². The molecule has 0 aliphatic heterocycles. The van der Waals surface area contributed by atoms with E-state index < -0.39 is 17.2 Å². The van der Waals surface area contributed by atoms with Gasteiger partial charge in [0.15, 0.2) is 0 Å². The average molecular weight is 280 g/mol. The van der Waals surface area contributed by atoms with Gasteiger partial charge in [0, 0.05) is 6.07 Å². The highest BCUT2D eigenvalue weighted by Crippen LogP contribution is 2.14. The molecule has 6 heteroatoms. The third-order valence-corrected chi connectivity index (χ3v) is 2.26. The van der Waals surface area contributed by atoms with Crippen molar-refractivity contribution in [3.63, 3.8) is 0 Å². The van der Waals surface area contributed by atoms with Gasteiger partial charge in [-0.05, 0) is 5.56 Å². The number of rotatable bonds is 4. The van der Waals surface area contributed by atoms with Gasteiger partial charge >= 0.3 is 5.97 Å². The molecular formula is C14H13FO5. The summed E-state index contributed by atoms with van der Waals surface area (Å²) in [5.41, 5.74) is 0.312. The summed E-state index contributed by atoms with van der Waals surface area (Å²) in [5, 5.41) is 8.87. The molecule has 1 aromatic carbocycles. The van der Waals surface area contributed by atoms with Gasteiger partial charge in [0.25, 0.3) is 5.76 Å². The fourth-order valence-electron chi connectivity index (χ4n) is 1.42. The number of alkyl halides is 1. The second kappa shape index (κ2) is 7.73. The monoisotopic (exact) mass is 280 g/mol. The van der Waals surface area contributed by atoms with E-state index in [2.05, 4.69) is 0 Å². The van der Waals surface area contributed by atoms with Gasteiger partial charge in [0.05, 0.1) is 13.4 Å². The van der Waals surface area contributed by atoms with Gasteiger partial charge in [-0.3, -0.25) is 9.18 Å². The molecule has 0 saturated heterocycles. The van der Waals surface area contributed by atoms with Crippen molar-refractivity contribution in [2.75, 3.05) is 7.18 Å². The lowest BCUT2D eigenvalue weighted by Crippen LogP contribution is -2.12. The van der Waals surface area contributed by atoms with E-state index in [4.69, 9.17) is 14.3 Å². The first-order valence-electron chi connectivity index (χ1n) is 5.58.